The number of nitrogen functional groups attached to an aromatic ring is 1. The van der Waals surface area contributed by atoms with Gasteiger partial charge in [-0.2, -0.15) is 0 Å². The van der Waals surface area contributed by atoms with Crippen molar-refractivity contribution in [1.29, 1.82) is 0 Å². The molecule has 2 heterocycles. The lowest BCUT2D eigenvalue weighted by Crippen LogP contribution is -2.47. The Morgan fingerprint density at radius 2 is 2.20 bits per heavy atom. The summed E-state index contributed by atoms with van der Waals surface area (Å²) in [5, 5.41) is 0.534. The minimum atomic E-state index is 0.0825. The van der Waals surface area contributed by atoms with Crippen molar-refractivity contribution in [2.75, 3.05) is 46.1 Å². The molecule has 0 unspecified atom stereocenters. The minimum Gasteiger partial charge on any atom is -0.385 e. The molecule has 0 radical (unpaired) electrons. The molecule has 0 atom stereocenters. The zero-order chi connectivity index (χ0) is 17.8. The van der Waals surface area contributed by atoms with Crippen LogP contribution in [-0.2, 0) is 4.74 Å². The number of piperidine rings is 1. The SMILES string of the molecule is COCCCN(C(=O)c1ccc2sc(N)nc2c1)C1CCN(C)CC1. The molecule has 0 aliphatic carbocycles. The molecule has 1 aliphatic rings. The molecule has 2 N–H and O–H groups in total. The Morgan fingerprint density at radius 3 is 2.92 bits per heavy atom. The highest BCUT2D eigenvalue weighted by Gasteiger charge is 2.27. The largest absolute Gasteiger partial charge is 0.385 e. The third-order valence-corrected chi connectivity index (χ3v) is 5.65. The van der Waals surface area contributed by atoms with Crippen LogP contribution in [0.5, 0.6) is 0 Å². The van der Waals surface area contributed by atoms with Gasteiger partial charge in [0.05, 0.1) is 10.2 Å². The van der Waals surface area contributed by atoms with Gasteiger partial charge in [-0.3, -0.25) is 4.79 Å². The summed E-state index contributed by atoms with van der Waals surface area (Å²) in [6, 6.07) is 5.99. The molecule has 1 amide bonds. The molecular formula is C18H26N4O2S. The van der Waals surface area contributed by atoms with Gasteiger partial charge in [0.2, 0.25) is 0 Å². The van der Waals surface area contributed by atoms with Crippen LogP contribution in [-0.4, -0.2) is 67.1 Å². The summed E-state index contributed by atoms with van der Waals surface area (Å²) in [6.07, 6.45) is 2.88. The van der Waals surface area contributed by atoms with Gasteiger partial charge in [0.1, 0.15) is 0 Å². The van der Waals surface area contributed by atoms with Gasteiger partial charge in [-0.25, -0.2) is 4.98 Å². The number of nitrogens with two attached hydrogens (primary N) is 1. The number of thiazole rings is 1. The number of rotatable bonds is 6. The number of ether oxygens (including phenoxy) is 1. The summed E-state index contributed by atoms with van der Waals surface area (Å²) < 4.78 is 6.19. The molecule has 1 saturated heterocycles. The van der Waals surface area contributed by atoms with Crippen LogP contribution in [0.3, 0.4) is 0 Å². The van der Waals surface area contributed by atoms with E-state index in [1.165, 1.54) is 11.3 Å². The first-order valence-electron chi connectivity index (χ1n) is 8.73. The van der Waals surface area contributed by atoms with Crippen LogP contribution in [0.25, 0.3) is 10.2 Å². The molecule has 136 valence electrons. The van der Waals surface area contributed by atoms with E-state index in [0.29, 0.717) is 17.3 Å². The average Bonchev–Trinajstić information content (AvgIpc) is 2.98. The summed E-state index contributed by atoms with van der Waals surface area (Å²) in [5.74, 6) is 0.0825. The number of likely N-dealkylation sites (tertiary alicyclic amines) is 1. The summed E-state index contributed by atoms with van der Waals surface area (Å²) in [7, 11) is 3.83. The number of amides is 1. The topological polar surface area (TPSA) is 71.7 Å². The quantitative estimate of drug-likeness (QED) is 0.799. The molecule has 0 bridgehead atoms. The van der Waals surface area contributed by atoms with Crippen LogP contribution in [0.2, 0.25) is 0 Å². The number of carbonyl (C=O) groups is 1. The van der Waals surface area contributed by atoms with E-state index >= 15 is 0 Å². The number of fused-ring (bicyclic) bond motifs is 1. The van der Waals surface area contributed by atoms with Gasteiger partial charge >= 0.3 is 0 Å². The number of methoxy groups -OCH3 is 1. The molecule has 1 aromatic heterocycles. The van der Waals surface area contributed by atoms with Gasteiger partial charge in [0.25, 0.3) is 5.91 Å². The molecule has 25 heavy (non-hydrogen) atoms. The number of carbonyl (C=O) groups excluding carboxylic acids is 1. The predicted molar refractivity (Wildman–Crippen MR) is 102 cm³/mol. The van der Waals surface area contributed by atoms with Gasteiger partial charge in [-0.15, -0.1) is 0 Å². The first-order chi connectivity index (χ1) is 12.1. The van der Waals surface area contributed by atoms with E-state index in [1.54, 1.807) is 7.11 Å². The van der Waals surface area contributed by atoms with Gasteiger partial charge in [0.15, 0.2) is 5.13 Å². The van der Waals surface area contributed by atoms with Crippen LogP contribution >= 0.6 is 11.3 Å². The fraction of sp³-hybridized carbons (Fsp3) is 0.556. The van der Waals surface area contributed by atoms with E-state index in [9.17, 15) is 4.79 Å². The summed E-state index contributed by atoms with van der Waals surface area (Å²) in [6.45, 7) is 3.44. The van der Waals surface area contributed by atoms with Gasteiger partial charge < -0.3 is 20.3 Å². The molecule has 3 rings (SSSR count). The second-order valence-corrected chi connectivity index (χ2v) is 7.68. The van der Waals surface area contributed by atoms with Crippen molar-refractivity contribution in [3.05, 3.63) is 23.8 Å². The van der Waals surface area contributed by atoms with E-state index in [-0.39, 0.29) is 11.9 Å². The molecule has 6 nitrogen and oxygen atoms in total. The van der Waals surface area contributed by atoms with Crippen molar-refractivity contribution < 1.29 is 9.53 Å². The van der Waals surface area contributed by atoms with Crippen molar-refractivity contribution in [1.82, 2.24) is 14.8 Å². The Labute approximate surface area is 152 Å². The number of nitrogens with zero attached hydrogens (tertiary/aromatic N) is 3. The Kier molecular flexibility index (Phi) is 5.88. The maximum Gasteiger partial charge on any atom is 0.254 e. The molecule has 1 aliphatic heterocycles. The fourth-order valence-corrected chi connectivity index (χ4v) is 4.09. The number of hydrogen-bond donors (Lipinski definition) is 1. The van der Waals surface area contributed by atoms with Crippen LogP contribution in [0.15, 0.2) is 18.2 Å². The Balaban J connectivity index is 1.80. The van der Waals surface area contributed by atoms with Crippen LogP contribution in [0, 0.1) is 0 Å². The van der Waals surface area contributed by atoms with Crippen molar-refractivity contribution in [3.8, 4) is 0 Å². The monoisotopic (exact) mass is 362 g/mol. The van der Waals surface area contributed by atoms with Crippen molar-refractivity contribution >= 4 is 32.6 Å². The number of benzene rings is 1. The standard InChI is InChI=1S/C18H26N4O2S/c1-21-9-6-14(7-10-21)22(8-3-11-24-2)17(23)13-4-5-16-15(12-13)20-18(19)25-16/h4-5,12,14H,3,6-11H2,1-2H3,(H2,19,20). The normalized spacial score (nSPS) is 16.4. The third kappa shape index (κ3) is 4.29. The average molecular weight is 362 g/mol. The lowest BCUT2D eigenvalue weighted by molar-refractivity contribution is 0.0564. The highest BCUT2D eigenvalue weighted by Crippen LogP contribution is 2.26. The Morgan fingerprint density at radius 1 is 1.44 bits per heavy atom. The maximum atomic E-state index is 13.2. The third-order valence-electron chi connectivity index (χ3n) is 4.79. The maximum absolute atomic E-state index is 13.2. The molecule has 7 heteroatoms. The number of anilines is 1. The van der Waals surface area contributed by atoms with Gasteiger partial charge in [0, 0.05) is 31.9 Å². The van der Waals surface area contributed by atoms with Crippen LogP contribution < -0.4 is 5.73 Å². The van der Waals surface area contributed by atoms with E-state index in [0.717, 1.165) is 49.1 Å². The predicted octanol–water partition coefficient (Wildman–Crippen LogP) is 2.45. The molecule has 1 fully saturated rings. The van der Waals surface area contributed by atoms with E-state index in [1.807, 2.05) is 23.1 Å². The van der Waals surface area contributed by atoms with Gasteiger partial charge in [-0.1, -0.05) is 11.3 Å². The molecule has 1 aromatic carbocycles. The lowest BCUT2D eigenvalue weighted by Gasteiger charge is -2.37. The lowest BCUT2D eigenvalue weighted by atomic mass is 10.0. The first kappa shape index (κ1) is 18.1. The minimum absolute atomic E-state index is 0.0825. The first-order valence-corrected chi connectivity index (χ1v) is 9.54. The number of hydrogen-bond acceptors (Lipinski definition) is 6. The van der Waals surface area contributed by atoms with Crippen LogP contribution in [0.4, 0.5) is 5.13 Å². The number of aromatic nitrogens is 1. The van der Waals surface area contributed by atoms with Crippen molar-refractivity contribution in [2.45, 2.75) is 25.3 Å². The Bertz CT molecular complexity index is 725. The van der Waals surface area contributed by atoms with Gasteiger partial charge in [-0.05, 0) is 57.6 Å². The summed E-state index contributed by atoms with van der Waals surface area (Å²) >= 11 is 1.45. The molecular weight excluding hydrogens is 336 g/mol. The highest BCUT2D eigenvalue weighted by atomic mass is 32.1. The molecule has 0 spiro atoms. The van der Waals surface area contributed by atoms with E-state index < -0.39 is 0 Å². The van der Waals surface area contributed by atoms with Crippen LogP contribution in [0.1, 0.15) is 29.6 Å². The smallest absolute Gasteiger partial charge is 0.254 e. The van der Waals surface area contributed by atoms with Crippen molar-refractivity contribution in [3.63, 3.8) is 0 Å². The summed E-state index contributed by atoms with van der Waals surface area (Å²) in [4.78, 5) is 21.8. The Hall–Kier alpha value is -1.70. The zero-order valence-corrected chi connectivity index (χ0v) is 15.7. The molecule has 0 saturated carbocycles. The summed E-state index contributed by atoms with van der Waals surface area (Å²) in [5.41, 5.74) is 7.27. The fourth-order valence-electron chi connectivity index (χ4n) is 3.38. The van der Waals surface area contributed by atoms with E-state index in [4.69, 9.17) is 10.5 Å². The molecule has 2 aromatic rings. The van der Waals surface area contributed by atoms with E-state index in [2.05, 4.69) is 16.9 Å². The van der Waals surface area contributed by atoms with Crippen molar-refractivity contribution in [2.24, 2.45) is 0 Å². The second-order valence-electron chi connectivity index (χ2n) is 6.61. The highest BCUT2D eigenvalue weighted by molar-refractivity contribution is 7.22. The second kappa shape index (κ2) is 8.12. The zero-order valence-electron chi connectivity index (χ0n) is 14.9.